The van der Waals surface area contributed by atoms with E-state index in [1.54, 1.807) is 0 Å². The van der Waals surface area contributed by atoms with Gasteiger partial charge in [0, 0.05) is 6.54 Å². The minimum atomic E-state index is -3.79. The Morgan fingerprint density at radius 1 is 1.62 bits per heavy atom. The Labute approximate surface area is 53.0 Å². The fourth-order valence-corrected chi connectivity index (χ4v) is 0.887. The van der Waals surface area contributed by atoms with Gasteiger partial charge in [0.05, 0.1) is 6.16 Å². The van der Waals surface area contributed by atoms with Crippen LogP contribution in [0.2, 0.25) is 0 Å². The second-order valence-electron chi connectivity index (χ2n) is 1.30. The van der Waals surface area contributed by atoms with E-state index in [9.17, 15) is 4.57 Å². The van der Waals surface area contributed by atoms with E-state index in [0.29, 0.717) is 0 Å². The molecule has 0 aliphatic rings. The summed E-state index contributed by atoms with van der Waals surface area (Å²) in [6, 6.07) is 0. The van der Waals surface area contributed by atoms with Crippen molar-refractivity contribution in [2.24, 2.45) is 0 Å². The lowest BCUT2D eigenvalue weighted by Crippen LogP contribution is -2.06. The molecular weight excluding hydrogens is 149 g/mol. The topological polar surface area (TPSA) is 69.6 Å². The van der Waals surface area contributed by atoms with Gasteiger partial charge in [0.2, 0.25) is 0 Å². The van der Waals surface area contributed by atoms with Crippen molar-refractivity contribution >= 4 is 20.4 Å². The molecule has 0 saturated carbocycles. The van der Waals surface area contributed by atoms with Crippen molar-refractivity contribution in [3.05, 3.63) is 0 Å². The highest BCUT2D eigenvalue weighted by atomic mass is 32.1. The largest absolute Gasteiger partial charge is 0.326 e. The SMILES string of the molecule is O=P(O)(O)CCNS. The minimum absolute atomic E-state index is 0.156. The van der Waals surface area contributed by atoms with Crippen molar-refractivity contribution in [2.75, 3.05) is 12.7 Å². The molecular formula is C2H8NO3PS. The molecule has 0 heterocycles. The highest BCUT2D eigenvalue weighted by Gasteiger charge is 2.09. The predicted octanol–water partition coefficient (Wildman–Crippen LogP) is -0.402. The maximum Gasteiger partial charge on any atom is 0.326 e. The first-order valence-electron chi connectivity index (χ1n) is 1.98. The van der Waals surface area contributed by atoms with Crippen molar-refractivity contribution in [1.82, 2.24) is 4.72 Å². The van der Waals surface area contributed by atoms with Crippen LogP contribution in [0.3, 0.4) is 0 Å². The fraction of sp³-hybridized carbons (Fsp3) is 1.00. The minimum Gasteiger partial charge on any atom is -0.324 e. The summed E-state index contributed by atoms with van der Waals surface area (Å²) in [4.78, 5) is 16.4. The highest BCUT2D eigenvalue weighted by molar-refractivity contribution is 7.78. The van der Waals surface area contributed by atoms with Crippen LogP contribution in [0.4, 0.5) is 0 Å². The Balaban J connectivity index is 3.26. The maximum atomic E-state index is 10.0. The Morgan fingerprint density at radius 3 is 2.25 bits per heavy atom. The van der Waals surface area contributed by atoms with Crippen LogP contribution in [0.1, 0.15) is 0 Å². The summed E-state index contributed by atoms with van der Waals surface area (Å²) in [5.74, 6) is 0. The van der Waals surface area contributed by atoms with Gasteiger partial charge >= 0.3 is 7.60 Å². The number of hydrogen-bond donors (Lipinski definition) is 4. The van der Waals surface area contributed by atoms with Gasteiger partial charge in [-0.1, -0.05) is 12.8 Å². The summed E-state index contributed by atoms with van der Waals surface area (Å²) < 4.78 is 12.3. The molecule has 4 nitrogen and oxygen atoms in total. The van der Waals surface area contributed by atoms with Crippen LogP contribution >= 0.6 is 20.4 Å². The first kappa shape index (κ1) is 8.46. The van der Waals surface area contributed by atoms with E-state index in [1.165, 1.54) is 0 Å². The third-order valence-corrected chi connectivity index (χ3v) is 1.54. The Bertz CT molecular complexity index is 101. The molecule has 0 aliphatic carbocycles. The van der Waals surface area contributed by atoms with Crippen LogP contribution in [0.25, 0.3) is 0 Å². The summed E-state index contributed by atoms with van der Waals surface area (Å²) in [6.45, 7) is 0.230. The normalized spacial score (nSPS) is 11.9. The molecule has 0 amide bonds. The van der Waals surface area contributed by atoms with E-state index >= 15 is 0 Å². The maximum absolute atomic E-state index is 10.0. The van der Waals surface area contributed by atoms with Crippen LogP contribution < -0.4 is 4.72 Å². The van der Waals surface area contributed by atoms with Gasteiger partial charge < -0.3 is 9.79 Å². The molecule has 0 aliphatic heterocycles. The summed E-state index contributed by atoms with van der Waals surface area (Å²) in [5.41, 5.74) is 0. The molecule has 0 bridgehead atoms. The monoisotopic (exact) mass is 157 g/mol. The predicted molar refractivity (Wildman–Crippen MR) is 33.9 cm³/mol. The molecule has 0 radical (unpaired) electrons. The highest BCUT2D eigenvalue weighted by Crippen LogP contribution is 2.32. The lowest BCUT2D eigenvalue weighted by Gasteiger charge is -1.99. The third kappa shape index (κ3) is 6.46. The number of thiol groups is 1. The van der Waals surface area contributed by atoms with E-state index in [-0.39, 0.29) is 12.7 Å². The molecule has 6 heteroatoms. The molecule has 0 rings (SSSR count). The van der Waals surface area contributed by atoms with Gasteiger partial charge in [-0.25, -0.2) is 0 Å². The zero-order chi connectivity index (χ0) is 6.62. The average Bonchev–Trinajstić information content (AvgIpc) is 1.59. The van der Waals surface area contributed by atoms with Crippen LogP contribution in [0.5, 0.6) is 0 Å². The summed E-state index contributed by atoms with van der Waals surface area (Å²) in [5, 5.41) is 0. The second-order valence-corrected chi connectivity index (χ2v) is 3.39. The molecule has 0 fully saturated rings. The summed E-state index contributed by atoms with van der Waals surface area (Å²) in [7, 11) is -3.79. The Hall–Kier alpha value is 0.460. The van der Waals surface area contributed by atoms with Gasteiger partial charge in [0.1, 0.15) is 0 Å². The number of rotatable bonds is 3. The van der Waals surface area contributed by atoms with Crippen LogP contribution in [0, 0.1) is 0 Å². The van der Waals surface area contributed by atoms with E-state index in [0.717, 1.165) is 0 Å². The van der Waals surface area contributed by atoms with Gasteiger partial charge in [-0.3, -0.25) is 9.29 Å². The second kappa shape index (κ2) is 3.48. The van der Waals surface area contributed by atoms with Crippen LogP contribution in [-0.2, 0) is 4.57 Å². The van der Waals surface area contributed by atoms with Crippen molar-refractivity contribution in [3.8, 4) is 0 Å². The fourth-order valence-electron chi connectivity index (χ4n) is 0.196. The lowest BCUT2D eigenvalue weighted by atomic mass is 10.8. The standard InChI is InChI=1S/C2H8NO3PS/c4-7(5,6)2-1-3-8/h3,8H,1-2H2,(H2,4,5,6). The van der Waals surface area contributed by atoms with Gasteiger partial charge in [0.15, 0.2) is 0 Å². The lowest BCUT2D eigenvalue weighted by molar-refractivity contribution is 0.373. The van der Waals surface area contributed by atoms with Gasteiger partial charge in [-0.05, 0) is 0 Å². The molecule has 50 valence electrons. The Morgan fingerprint density at radius 2 is 2.12 bits per heavy atom. The summed E-state index contributed by atoms with van der Waals surface area (Å²) >= 11 is 3.54. The van der Waals surface area contributed by atoms with E-state index in [2.05, 4.69) is 17.5 Å². The molecule has 0 saturated heterocycles. The first-order valence-corrected chi connectivity index (χ1v) is 4.22. The van der Waals surface area contributed by atoms with Crippen LogP contribution in [0.15, 0.2) is 0 Å². The van der Waals surface area contributed by atoms with Gasteiger partial charge in [0.25, 0.3) is 0 Å². The zero-order valence-corrected chi connectivity index (χ0v) is 5.90. The van der Waals surface area contributed by atoms with Crippen molar-refractivity contribution < 1.29 is 14.4 Å². The molecule has 0 unspecified atom stereocenters. The van der Waals surface area contributed by atoms with Gasteiger partial charge in [-0.15, -0.1) is 0 Å². The molecule has 0 aromatic heterocycles. The number of hydrogen-bond acceptors (Lipinski definition) is 3. The van der Waals surface area contributed by atoms with Gasteiger partial charge in [-0.2, -0.15) is 0 Å². The molecule has 0 aromatic carbocycles. The molecule has 0 aromatic rings. The third-order valence-electron chi connectivity index (χ3n) is 0.515. The van der Waals surface area contributed by atoms with Crippen molar-refractivity contribution in [1.29, 1.82) is 0 Å². The van der Waals surface area contributed by atoms with Crippen molar-refractivity contribution in [2.45, 2.75) is 0 Å². The Kier molecular flexibility index (Phi) is 3.68. The quantitative estimate of drug-likeness (QED) is 0.332. The van der Waals surface area contributed by atoms with Crippen LogP contribution in [-0.4, -0.2) is 22.5 Å². The summed E-state index contributed by atoms with van der Waals surface area (Å²) in [6.07, 6.45) is -0.156. The number of nitrogens with one attached hydrogen (secondary N) is 1. The van der Waals surface area contributed by atoms with E-state index < -0.39 is 7.60 Å². The zero-order valence-electron chi connectivity index (χ0n) is 4.11. The average molecular weight is 157 g/mol. The molecule has 8 heavy (non-hydrogen) atoms. The van der Waals surface area contributed by atoms with E-state index in [4.69, 9.17) is 9.79 Å². The van der Waals surface area contributed by atoms with E-state index in [1.807, 2.05) is 0 Å². The smallest absolute Gasteiger partial charge is 0.324 e. The molecule has 0 atom stereocenters. The first-order chi connectivity index (χ1) is 3.56. The molecule has 3 N–H and O–H groups in total. The molecule has 0 spiro atoms. The van der Waals surface area contributed by atoms with Crippen molar-refractivity contribution in [3.63, 3.8) is 0 Å².